The normalized spacial score (nSPS) is 17.3. The Labute approximate surface area is 147 Å². The largest absolute Gasteiger partial charge is 0.493 e. The number of rotatable bonds is 5. The third kappa shape index (κ3) is 3.93. The van der Waals surface area contributed by atoms with Gasteiger partial charge in [0.05, 0.1) is 25.2 Å². The minimum atomic E-state index is -0.168. The summed E-state index contributed by atoms with van der Waals surface area (Å²) in [4.78, 5) is 26.5. The third-order valence-corrected chi connectivity index (χ3v) is 4.39. The highest BCUT2D eigenvalue weighted by atomic mass is 35.5. The Kier molecular flexibility index (Phi) is 6.31. The van der Waals surface area contributed by atoms with Gasteiger partial charge in [0.2, 0.25) is 5.91 Å². The fourth-order valence-corrected chi connectivity index (χ4v) is 3.21. The van der Waals surface area contributed by atoms with Crippen molar-refractivity contribution in [2.45, 2.75) is 19.8 Å². The van der Waals surface area contributed by atoms with Crippen LogP contribution in [0.15, 0.2) is 12.1 Å². The van der Waals surface area contributed by atoms with E-state index >= 15 is 0 Å². The molecule has 132 valence electrons. The molecule has 1 unspecified atom stereocenters. The molecule has 2 rings (SSSR count). The van der Waals surface area contributed by atoms with Crippen LogP contribution in [0.25, 0.3) is 0 Å². The zero-order valence-corrected chi connectivity index (χ0v) is 15.0. The van der Waals surface area contributed by atoms with Crippen molar-refractivity contribution in [2.75, 3.05) is 33.9 Å². The molecule has 0 bridgehead atoms. The Morgan fingerprint density at radius 1 is 1.33 bits per heavy atom. The zero-order chi connectivity index (χ0) is 17.7. The van der Waals surface area contributed by atoms with Gasteiger partial charge in [0.25, 0.3) is 5.91 Å². The van der Waals surface area contributed by atoms with Gasteiger partial charge in [-0.15, -0.1) is 0 Å². The van der Waals surface area contributed by atoms with E-state index in [2.05, 4.69) is 5.32 Å². The van der Waals surface area contributed by atoms with Crippen LogP contribution in [0.1, 0.15) is 30.1 Å². The third-order valence-electron chi connectivity index (χ3n) is 4.11. The molecule has 0 aliphatic carbocycles. The van der Waals surface area contributed by atoms with Crippen LogP contribution in [0.5, 0.6) is 11.5 Å². The summed E-state index contributed by atoms with van der Waals surface area (Å²) >= 11 is 6.18. The van der Waals surface area contributed by atoms with E-state index < -0.39 is 0 Å². The molecule has 1 atom stereocenters. The van der Waals surface area contributed by atoms with Gasteiger partial charge >= 0.3 is 0 Å². The molecule has 1 N–H and O–H groups in total. The van der Waals surface area contributed by atoms with Gasteiger partial charge in [0.1, 0.15) is 0 Å². The maximum atomic E-state index is 12.8. The van der Waals surface area contributed by atoms with Gasteiger partial charge in [-0.3, -0.25) is 9.59 Å². The van der Waals surface area contributed by atoms with Crippen molar-refractivity contribution in [2.24, 2.45) is 5.92 Å². The molecule has 0 saturated carbocycles. The van der Waals surface area contributed by atoms with Crippen LogP contribution < -0.4 is 14.8 Å². The van der Waals surface area contributed by atoms with E-state index in [-0.39, 0.29) is 17.7 Å². The summed E-state index contributed by atoms with van der Waals surface area (Å²) in [5.41, 5.74) is 0.425. The van der Waals surface area contributed by atoms with Gasteiger partial charge in [-0.05, 0) is 31.9 Å². The molecule has 1 aliphatic heterocycles. The predicted molar refractivity (Wildman–Crippen MR) is 91.9 cm³/mol. The zero-order valence-electron chi connectivity index (χ0n) is 14.2. The van der Waals surface area contributed by atoms with Gasteiger partial charge < -0.3 is 19.7 Å². The first-order valence-corrected chi connectivity index (χ1v) is 8.38. The second-order valence-corrected chi connectivity index (χ2v) is 6.09. The lowest BCUT2D eigenvalue weighted by molar-refractivity contribution is -0.126. The number of halogens is 1. The van der Waals surface area contributed by atoms with E-state index in [0.29, 0.717) is 41.7 Å². The molecule has 6 nitrogen and oxygen atoms in total. The van der Waals surface area contributed by atoms with Crippen molar-refractivity contribution in [1.82, 2.24) is 10.2 Å². The van der Waals surface area contributed by atoms with Crippen LogP contribution in [-0.4, -0.2) is 50.6 Å². The van der Waals surface area contributed by atoms with Crippen molar-refractivity contribution in [3.8, 4) is 11.5 Å². The molecule has 0 aromatic heterocycles. The lowest BCUT2D eigenvalue weighted by Gasteiger charge is -2.32. The van der Waals surface area contributed by atoms with Gasteiger partial charge in [0, 0.05) is 25.2 Å². The first-order chi connectivity index (χ1) is 11.5. The molecule has 7 heteroatoms. The van der Waals surface area contributed by atoms with E-state index in [1.807, 2.05) is 6.92 Å². The van der Waals surface area contributed by atoms with Crippen molar-refractivity contribution in [3.05, 3.63) is 22.7 Å². The number of nitrogens with one attached hydrogen (secondary N) is 1. The molecule has 0 radical (unpaired) electrons. The predicted octanol–water partition coefficient (Wildman–Crippen LogP) is 2.35. The number of ether oxygens (including phenoxy) is 2. The van der Waals surface area contributed by atoms with E-state index in [9.17, 15) is 9.59 Å². The number of nitrogens with zero attached hydrogens (tertiary/aromatic N) is 1. The molecule has 1 heterocycles. The highest BCUT2D eigenvalue weighted by Crippen LogP contribution is 2.36. The molecule has 0 spiro atoms. The van der Waals surface area contributed by atoms with E-state index in [1.165, 1.54) is 14.2 Å². The summed E-state index contributed by atoms with van der Waals surface area (Å²) in [5.74, 6) is 0.477. The first-order valence-electron chi connectivity index (χ1n) is 8.00. The van der Waals surface area contributed by atoms with Crippen LogP contribution in [0.4, 0.5) is 0 Å². The average molecular weight is 355 g/mol. The van der Waals surface area contributed by atoms with E-state index in [0.717, 1.165) is 12.8 Å². The number of benzene rings is 1. The lowest BCUT2D eigenvalue weighted by Crippen LogP contribution is -2.45. The molecule has 1 fully saturated rings. The SMILES string of the molecule is CCNC(=O)C1CCCN(C(=O)c2cc(Cl)c(OC)c(OC)c2)C1. The Morgan fingerprint density at radius 2 is 2.08 bits per heavy atom. The number of likely N-dealkylation sites (tertiary alicyclic amines) is 1. The molecule has 1 aliphatic rings. The molecule has 1 aromatic rings. The fraction of sp³-hybridized carbons (Fsp3) is 0.529. The number of hydrogen-bond acceptors (Lipinski definition) is 4. The summed E-state index contributed by atoms with van der Waals surface area (Å²) in [6.45, 7) is 3.52. The first kappa shape index (κ1) is 18.4. The second-order valence-electron chi connectivity index (χ2n) is 5.68. The molecule has 24 heavy (non-hydrogen) atoms. The van der Waals surface area contributed by atoms with Crippen molar-refractivity contribution >= 4 is 23.4 Å². The summed E-state index contributed by atoms with van der Waals surface area (Å²) < 4.78 is 10.4. The number of carbonyl (C=O) groups excluding carboxylic acids is 2. The topological polar surface area (TPSA) is 67.9 Å². The van der Waals surface area contributed by atoms with Gasteiger partial charge in [-0.25, -0.2) is 0 Å². The molecule has 1 aromatic carbocycles. The number of methoxy groups -OCH3 is 2. The van der Waals surface area contributed by atoms with Crippen molar-refractivity contribution < 1.29 is 19.1 Å². The van der Waals surface area contributed by atoms with Crippen molar-refractivity contribution in [1.29, 1.82) is 0 Å². The fourth-order valence-electron chi connectivity index (χ4n) is 2.92. The number of amides is 2. The second kappa shape index (κ2) is 8.24. The van der Waals surface area contributed by atoms with Crippen LogP contribution in [-0.2, 0) is 4.79 Å². The quantitative estimate of drug-likeness (QED) is 0.881. The smallest absolute Gasteiger partial charge is 0.254 e. The van der Waals surface area contributed by atoms with Crippen molar-refractivity contribution in [3.63, 3.8) is 0 Å². The number of piperidine rings is 1. The monoisotopic (exact) mass is 354 g/mol. The Balaban J connectivity index is 2.19. The Hall–Kier alpha value is -1.95. The van der Waals surface area contributed by atoms with E-state index in [4.69, 9.17) is 21.1 Å². The highest BCUT2D eigenvalue weighted by molar-refractivity contribution is 6.32. The Morgan fingerprint density at radius 3 is 2.71 bits per heavy atom. The van der Waals surface area contributed by atoms with Crippen LogP contribution in [0.2, 0.25) is 5.02 Å². The summed E-state index contributed by atoms with van der Waals surface area (Å²) in [7, 11) is 2.99. The van der Waals surface area contributed by atoms with Gasteiger partial charge in [-0.2, -0.15) is 0 Å². The van der Waals surface area contributed by atoms with Crippen LogP contribution >= 0.6 is 11.6 Å². The highest BCUT2D eigenvalue weighted by Gasteiger charge is 2.29. The molecule has 2 amide bonds. The summed E-state index contributed by atoms with van der Waals surface area (Å²) in [6.07, 6.45) is 1.59. The summed E-state index contributed by atoms with van der Waals surface area (Å²) in [6, 6.07) is 3.18. The molecular formula is C17H23ClN2O4. The maximum Gasteiger partial charge on any atom is 0.254 e. The maximum absolute atomic E-state index is 12.8. The Bertz CT molecular complexity index is 621. The van der Waals surface area contributed by atoms with Gasteiger partial charge in [0.15, 0.2) is 11.5 Å². The minimum absolute atomic E-state index is 0.000318. The van der Waals surface area contributed by atoms with Gasteiger partial charge in [-0.1, -0.05) is 11.6 Å². The van der Waals surface area contributed by atoms with Crippen LogP contribution in [0, 0.1) is 5.92 Å². The number of carbonyl (C=O) groups is 2. The van der Waals surface area contributed by atoms with E-state index in [1.54, 1.807) is 17.0 Å². The standard InChI is InChI=1S/C17H23ClN2O4/c1-4-19-16(21)11-6-5-7-20(10-11)17(22)12-8-13(18)15(24-3)14(9-12)23-2/h8-9,11H,4-7,10H2,1-3H3,(H,19,21). The number of hydrogen-bond donors (Lipinski definition) is 1. The lowest BCUT2D eigenvalue weighted by atomic mass is 9.96. The molecular weight excluding hydrogens is 332 g/mol. The van der Waals surface area contributed by atoms with Crippen LogP contribution in [0.3, 0.4) is 0 Å². The average Bonchev–Trinajstić information content (AvgIpc) is 2.60. The minimum Gasteiger partial charge on any atom is -0.493 e. The summed E-state index contributed by atoms with van der Waals surface area (Å²) in [5, 5.41) is 3.14. The molecule has 1 saturated heterocycles.